The van der Waals surface area contributed by atoms with E-state index in [1.807, 2.05) is 0 Å². The van der Waals surface area contributed by atoms with Crippen LogP contribution in [0.5, 0.6) is 0 Å². The van der Waals surface area contributed by atoms with Crippen molar-refractivity contribution in [2.75, 3.05) is 0 Å². The molecule has 4 heteroatoms. The van der Waals surface area contributed by atoms with Crippen LogP contribution in [0.1, 0.15) is 7.43 Å². The van der Waals surface area contributed by atoms with Gasteiger partial charge in [0.25, 0.3) is 0 Å². The predicted molar refractivity (Wildman–Crippen MR) is 33.2 cm³/mol. The summed E-state index contributed by atoms with van der Waals surface area (Å²) in [4.78, 5) is 0. The molecule has 0 atom stereocenters. The summed E-state index contributed by atoms with van der Waals surface area (Å²) < 4.78 is 0. The molecule has 0 rings (SSSR count). The van der Waals surface area contributed by atoms with Crippen LogP contribution in [0.4, 0.5) is 0 Å². The standard InChI is InChI=1S/CH4.3CH3.2H2O.Pt.Y/h1H4;3*1H3;2*1H2;;/q;3*-1;;;;. The van der Waals surface area contributed by atoms with E-state index in [4.69, 9.17) is 0 Å². The molecule has 0 fully saturated rings. The fraction of sp³-hybridized carbons (Fsp3) is 0.250. The minimum atomic E-state index is 0. The molecule has 0 unspecified atom stereocenters. The molecule has 0 spiro atoms. The summed E-state index contributed by atoms with van der Waals surface area (Å²) in [6.45, 7) is 0. The largest absolute Gasteiger partial charge is 0.412 e. The quantitative estimate of drug-likeness (QED) is 0.544. The minimum absolute atomic E-state index is 0. The van der Waals surface area contributed by atoms with E-state index < -0.39 is 0 Å². The molecule has 2 nitrogen and oxygen atoms in total. The van der Waals surface area contributed by atoms with E-state index >= 15 is 0 Å². The van der Waals surface area contributed by atoms with Crippen molar-refractivity contribution in [1.29, 1.82) is 0 Å². The molecule has 0 aromatic carbocycles. The van der Waals surface area contributed by atoms with E-state index in [0.29, 0.717) is 0 Å². The van der Waals surface area contributed by atoms with Gasteiger partial charge in [-0.1, -0.05) is 7.43 Å². The average Bonchev–Trinajstić information content (AvgIpc) is 0. The van der Waals surface area contributed by atoms with Gasteiger partial charge in [-0.3, -0.25) is 0 Å². The topological polar surface area (TPSA) is 63.0 Å². The molecule has 0 bridgehead atoms. The van der Waals surface area contributed by atoms with Gasteiger partial charge in [-0.25, -0.2) is 0 Å². The van der Waals surface area contributed by atoms with Crippen LogP contribution in [-0.2, 0) is 53.8 Å². The first-order valence-corrected chi connectivity index (χ1v) is 0. The summed E-state index contributed by atoms with van der Waals surface area (Å²) >= 11 is 0. The third kappa shape index (κ3) is 119. The van der Waals surface area contributed by atoms with Gasteiger partial charge in [-0.05, 0) is 0 Å². The van der Waals surface area contributed by atoms with E-state index in [2.05, 4.69) is 0 Å². The molecule has 0 heterocycles. The van der Waals surface area contributed by atoms with Crippen molar-refractivity contribution in [3.05, 3.63) is 22.3 Å². The predicted octanol–water partition coefficient (Wildman–Crippen LogP) is 0.333. The van der Waals surface area contributed by atoms with E-state index in [9.17, 15) is 0 Å². The van der Waals surface area contributed by atoms with Gasteiger partial charge in [0.15, 0.2) is 0 Å². The molecule has 61 valence electrons. The van der Waals surface area contributed by atoms with Gasteiger partial charge in [-0.15, -0.1) is 0 Å². The summed E-state index contributed by atoms with van der Waals surface area (Å²) in [6, 6.07) is 0. The molecule has 0 aromatic heterocycles. The maximum atomic E-state index is 0. The smallest absolute Gasteiger partial charge is 0 e. The maximum Gasteiger partial charge on any atom is 0 e. The summed E-state index contributed by atoms with van der Waals surface area (Å²) in [5.41, 5.74) is 0. The Bertz CT molecular complexity index is 14.0. The fourth-order valence-corrected chi connectivity index (χ4v) is 0. The zero-order valence-electron chi connectivity index (χ0n) is 4.89. The van der Waals surface area contributed by atoms with Crippen LogP contribution < -0.4 is 0 Å². The Hall–Kier alpha value is 1.71. The summed E-state index contributed by atoms with van der Waals surface area (Å²) in [6.07, 6.45) is 0. The molecule has 1 radical (unpaired) electrons. The summed E-state index contributed by atoms with van der Waals surface area (Å²) in [7, 11) is 0. The van der Waals surface area contributed by atoms with Crippen molar-refractivity contribution in [3.8, 4) is 0 Å². The molecule has 8 heavy (non-hydrogen) atoms. The van der Waals surface area contributed by atoms with Crippen molar-refractivity contribution in [2.45, 2.75) is 7.43 Å². The number of hydrogen-bond donors (Lipinski definition) is 0. The fourth-order valence-electron chi connectivity index (χ4n) is 0. The van der Waals surface area contributed by atoms with Crippen molar-refractivity contribution >= 4 is 0 Å². The van der Waals surface area contributed by atoms with E-state index in [1.165, 1.54) is 0 Å². The monoisotopic (exact) mass is 381 g/mol. The van der Waals surface area contributed by atoms with Crippen LogP contribution in [0.15, 0.2) is 0 Å². The van der Waals surface area contributed by atoms with E-state index in [0.717, 1.165) is 0 Å². The van der Waals surface area contributed by atoms with Crippen molar-refractivity contribution in [3.63, 3.8) is 0 Å². The van der Waals surface area contributed by atoms with Crippen LogP contribution in [0.25, 0.3) is 0 Å². The van der Waals surface area contributed by atoms with Crippen LogP contribution in [-0.4, -0.2) is 11.0 Å². The normalized spacial score (nSPS) is 0. The Labute approximate surface area is 93.6 Å². The number of rotatable bonds is 0. The minimum Gasteiger partial charge on any atom is -0.412 e. The molecule has 0 saturated carbocycles. The Balaban J connectivity index is 0. The molecule has 0 aliphatic rings. The second kappa shape index (κ2) is 177. The first-order valence-electron chi connectivity index (χ1n) is 0. The van der Waals surface area contributed by atoms with Gasteiger partial charge in [0.2, 0.25) is 0 Å². The van der Waals surface area contributed by atoms with Crippen LogP contribution in [0.2, 0.25) is 0 Å². The second-order valence-electron chi connectivity index (χ2n) is 0. The zero-order chi connectivity index (χ0) is 0. The Kier molecular flexibility index (Phi) is 5560. The van der Waals surface area contributed by atoms with Crippen molar-refractivity contribution in [1.82, 2.24) is 0 Å². The van der Waals surface area contributed by atoms with Gasteiger partial charge in [0.05, 0.1) is 0 Å². The Morgan fingerprint density at radius 1 is 0.625 bits per heavy atom. The van der Waals surface area contributed by atoms with Gasteiger partial charge < -0.3 is 33.2 Å². The SMILES string of the molecule is C.O.O.[CH3-].[CH3-].[CH3-].[Pt].[Y]. The van der Waals surface area contributed by atoms with Crippen molar-refractivity contribution < 1.29 is 64.7 Å². The Morgan fingerprint density at radius 3 is 0.625 bits per heavy atom. The average molecular weight is 381 g/mol. The third-order valence-electron chi connectivity index (χ3n) is 0. The van der Waals surface area contributed by atoms with Crippen LogP contribution >= 0.6 is 0 Å². The molecule has 0 aliphatic heterocycles. The maximum absolute atomic E-state index is 0. The van der Waals surface area contributed by atoms with E-state index in [-0.39, 0.29) is 94.4 Å². The van der Waals surface area contributed by atoms with Gasteiger partial charge in [0, 0.05) is 53.8 Å². The Morgan fingerprint density at radius 2 is 0.625 bits per heavy atom. The molecular formula is C4H17O2PtY-3. The zero-order valence-corrected chi connectivity index (χ0v) is 10.0. The molecule has 0 saturated heterocycles. The summed E-state index contributed by atoms with van der Waals surface area (Å²) in [5, 5.41) is 0. The second-order valence-corrected chi connectivity index (χ2v) is 0. The van der Waals surface area contributed by atoms with Crippen molar-refractivity contribution in [2.24, 2.45) is 0 Å². The van der Waals surface area contributed by atoms with Gasteiger partial charge in [0.1, 0.15) is 0 Å². The molecular weight excluding hydrogens is 364 g/mol. The van der Waals surface area contributed by atoms with Crippen LogP contribution in [0, 0.1) is 22.3 Å². The molecule has 4 N–H and O–H groups in total. The number of hydrogen-bond acceptors (Lipinski definition) is 0. The molecule has 0 amide bonds. The molecule has 0 aromatic rings. The first kappa shape index (κ1) is 251. The molecule has 0 aliphatic carbocycles. The van der Waals surface area contributed by atoms with Gasteiger partial charge >= 0.3 is 0 Å². The summed E-state index contributed by atoms with van der Waals surface area (Å²) in [5.74, 6) is 0. The van der Waals surface area contributed by atoms with E-state index in [1.54, 1.807) is 0 Å². The van der Waals surface area contributed by atoms with Crippen LogP contribution in [0.3, 0.4) is 0 Å². The third-order valence-corrected chi connectivity index (χ3v) is 0. The first-order chi connectivity index (χ1) is 0. The van der Waals surface area contributed by atoms with Gasteiger partial charge in [-0.2, -0.15) is 0 Å².